The molecule has 0 unspecified atom stereocenters. The van der Waals surface area contributed by atoms with Crippen molar-refractivity contribution in [2.45, 2.75) is 0 Å². The highest BCUT2D eigenvalue weighted by Gasteiger charge is 2.10. The first-order valence-corrected chi connectivity index (χ1v) is 4.81. The maximum atomic E-state index is 5.84. The van der Waals surface area contributed by atoms with Crippen molar-refractivity contribution in [3.8, 4) is 11.7 Å². The molecule has 0 bridgehead atoms. The molecule has 1 aromatic carbocycles. The van der Waals surface area contributed by atoms with Crippen LogP contribution >= 0.6 is 11.6 Å². The molecule has 0 N–H and O–H groups in total. The Morgan fingerprint density at radius 2 is 2.13 bits per heavy atom. The number of halogens is 1. The van der Waals surface area contributed by atoms with Crippen molar-refractivity contribution in [1.82, 2.24) is 4.98 Å². The van der Waals surface area contributed by atoms with Gasteiger partial charge in [-0.25, -0.2) is 4.98 Å². The van der Waals surface area contributed by atoms with Crippen LogP contribution in [-0.2, 0) is 0 Å². The van der Waals surface area contributed by atoms with E-state index < -0.39 is 0 Å². The third-order valence-corrected chi connectivity index (χ3v) is 2.32. The van der Waals surface area contributed by atoms with E-state index in [-0.39, 0.29) is 0 Å². The molecule has 0 aliphatic heterocycles. The minimum Gasteiger partial charge on any atom is -0.459 e. The van der Waals surface area contributed by atoms with Crippen molar-refractivity contribution in [2.75, 3.05) is 0 Å². The average molecular weight is 220 g/mol. The van der Waals surface area contributed by atoms with E-state index in [1.807, 2.05) is 6.07 Å². The summed E-state index contributed by atoms with van der Waals surface area (Å²) in [6.45, 7) is 0. The van der Waals surface area contributed by atoms with Gasteiger partial charge in [-0.3, -0.25) is 0 Å². The monoisotopic (exact) mass is 219 g/mol. The normalized spacial score (nSPS) is 11.0. The van der Waals surface area contributed by atoms with E-state index in [1.165, 1.54) is 0 Å². The summed E-state index contributed by atoms with van der Waals surface area (Å²) >= 11 is 5.84. The number of hydrogen-bond donors (Lipinski definition) is 0. The van der Waals surface area contributed by atoms with Gasteiger partial charge in [-0.2, -0.15) is 0 Å². The fraction of sp³-hybridized carbons (Fsp3) is 0. The number of benzene rings is 1. The highest BCUT2D eigenvalue weighted by molar-refractivity contribution is 6.31. The summed E-state index contributed by atoms with van der Waals surface area (Å²) in [5, 5.41) is 0.629. The van der Waals surface area contributed by atoms with E-state index in [4.69, 9.17) is 20.4 Å². The topological polar surface area (TPSA) is 39.2 Å². The number of hydrogen-bond acceptors (Lipinski definition) is 3. The van der Waals surface area contributed by atoms with E-state index in [2.05, 4.69) is 4.98 Å². The molecule has 0 radical (unpaired) electrons. The largest absolute Gasteiger partial charge is 0.459 e. The lowest BCUT2D eigenvalue weighted by molar-refractivity contribution is 0.535. The van der Waals surface area contributed by atoms with E-state index >= 15 is 0 Å². The predicted molar refractivity (Wildman–Crippen MR) is 56.7 cm³/mol. The Morgan fingerprint density at radius 3 is 2.93 bits per heavy atom. The van der Waals surface area contributed by atoms with Gasteiger partial charge in [0, 0.05) is 11.1 Å². The molecule has 0 saturated carbocycles. The molecule has 0 saturated heterocycles. The highest BCUT2D eigenvalue weighted by atomic mass is 35.5. The minimum atomic E-state index is 0.470. The second kappa shape index (κ2) is 3.14. The van der Waals surface area contributed by atoms with Gasteiger partial charge in [-0.1, -0.05) is 11.6 Å². The molecule has 0 aliphatic carbocycles. The molecule has 3 nitrogen and oxygen atoms in total. The summed E-state index contributed by atoms with van der Waals surface area (Å²) in [7, 11) is 0. The van der Waals surface area contributed by atoms with Gasteiger partial charge in [0.2, 0.25) is 0 Å². The Hall–Kier alpha value is -1.74. The molecule has 0 aliphatic rings. The second-order valence-electron chi connectivity index (χ2n) is 3.11. The molecule has 0 atom stereocenters. The van der Waals surface area contributed by atoms with Crippen LogP contribution in [0, 0.1) is 0 Å². The van der Waals surface area contributed by atoms with Crippen molar-refractivity contribution in [3.05, 3.63) is 41.6 Å². The fourth-order valence-corrected chi connectivity index (χ4v) is 1.57. The van der Waals surface area contributed by atoms with Gasteiger partial charge in [-0.05, 0) is 24.3 Å². The third-order valence-electron chi connectivity index (χ3n) is 2.08. The first-order chi connectivity index (χ1) is 7.33. The van der Waals surface area contributed by atoms with Crippen LogP contribution in [0.1, 0.15) is 0 Å². The standard InChI is InChI=1S/C11H6ClNO2/c12-7-3-4-8-10(6-7)15-11(13-8)9-2-1-5-14-9/h1-6H. The summed E-state index contributed by atoms with van der Waals surface area (Å²) in [4.78, 5) is 4.28. The number of fused-ring (bicyclic) bond motifs is 1. The molecule has 0 fully saturated rings. The summed E-state index contributed by atoms with van der Waals surface area (Å²) in [5.41, 5.74) is 1.43. The third kappa shape index (κ3) is 1.41. The Morgan fingerprint density at radius 1 is 1.20 bits per heavy atom. The molecule has 15 heavy (non-hydrogen) atoms. The van der Waals surface area contributed by atoms with E-state index in [9.17, 15) is 0 Å². The van der Waals surface area contributed by atoms with Crippen LogP contribution in [-0.4, -0.2) is 4.98 Å². The van der Waals surface area contributed by atoms with Crippen molar-refractivity contribution in [2.24, 2.45) is 0 Å². The molecule has 0 amide bonds. The molecule has 3 rings (SSSR count). The first-order valence-electron chi connectivity index (χ1n) is 4.43. The number of aromatic nitrogens is 1. The molecule has 3 aromatic rings. The Labute approximate surface area is 90.3 Å². The molecule has 2 aromatic heterocycles. The Balaban J connectivity index is 2.22. The molecule has 2 heterocycles. The van der Waals surface area contributed by atoms with Gasteiger partial charge >= 0.3 is 0 Å². The van der Waals surface area contributed by atoms with Gasteiger partial charge in [0.05, 0.1) is 6.26 Å². The van der Waals surface area contributed by atoms with Crippen LogP contribution in [0.15, 0.2) is 45.4 Å². The zero-order valence-electron chi connectivity index (χ0n) is 7.61. The van der Waals surface area contributed by atoms with Crippen molar-refractivity contribution < 1.29 is 8.83 Å². The minimum absolute atomic E-state index is 0.470. The first kappa shape index (κ1) is 8.56. The highest BCUT2D eigenvalue weighted by Crippen LogP contribution is 2.26. The summed E-state index contributed by atoms with van der Waals surface area (Å²) in [6, 6.07) is 8.91. The molecule has 74 valence electrons. The average Bonchev–Trinajstić information content (AvgIpc) is 2.84. The maximum absolute atomic E-state index is 5.84. The Kier molecular flexibility index (Phi) is 1.79. The van der Waals surface area contributed by atoms with Gasteiger partial charge in [0.15, 0.2) is 11.3 Å². The van der Waals surface area contributed by atoms with E-state index in [1.54, 1.807) is 30.5 Å². The van der Waals surface area contributed by atoms with Gasteiger partial charge < -0.3 is 8.83 Å². The smallest absolute Gasteiger partial charge is 0.263 e. The van der Waals surface area contributed by atoms with Crippen LogP contribution in [0.4, 0.5) is 0 Å². The van der Waals surface area contributed by atoms with Crippen LogP contribution in [0.3, 0.4) is 0 Å². The van der Waals surface area contributed by atoms with Crippen molar-refractivity contribution in [3.63, 3.8) is 0 Å². The predicted octanol–water partition coefficient (Wildman–Crippen LogP) is 3.74. The number of rotatable bonds is 1. The Bertz CT molecular complexity index is 598. The maximum Gasteiger partial charge on any atom is 0.263 e. The van der Waals surface area contributed by atoms with E-state index in [0.29, 0.717) is 22.3 Å². The molecule has 0 spiro atoms. The lowest BCUT2D eigenvalue weighted by Crippen LogP contribution is -1.70. The van der Waals surface area contributed by atoms with Crippen LogP contribution < -0.4 is 0 Å². The van der Waals surface area contributed by atoms with Crippen LogP contribution in [0.25, 0.3) is 22.8 Å². The zero-order valence-corrected chi connectivity index (χ0v) is 8.36. The van der Waals surface area contributed by atoms with Gasteiger partial charge in [-0.15, -0.1) is 0 Å². The van der Waals surface area contributed by atoms with Crippen LogP contribution in [0.2, 0.25) is 5.02 Å². The SMILES string of the molecule is Clc1ccc2nc(-c3ccco3)oc2c1. The molecule has 4 heteroatoms. The number of nitrogens with zero attached hydrogens (tertiary/aromatic N) is 1. The lowest BCUT2D eigenvalue weighted by atomic mass is 10.3. The number of furan rings is 1. The quantitative estimate of drug-likeness (QED) is 0.626. The molecular formula is C11H6ClNO2. The van der Waals surface area contributed by atoms with Gasteiger partial charge in [0.25, 0.3) is 5.89 Å². The summed E-state index contributed by atoms with van der Waals surface area (Å²) in [6.07, 6.45) is 1.58. The van der Waals surface area contributed by atoms with Gasteiger partial charge in [0.1, 0.15) is 5.52 Å². The van der Waals surface area contributed by atoms with E-state index in [0.717, 1.165) is 5.52 Å². The fourth-order valence-electron chi connectivity index (χ4n) is 1.40. The number of oxazole rings is 1. The van der Waals surface area contributed by atoms with Crippen molar-refractivity contribution in [1.29, 1.82) is 0 Å². The zero-order chi connectivity index (χ0) is 10.3. The van der Waals surface area contributed by atoms with Crippen LogP contribution in [0.5, 0.6) is 0 Å². The molecular weight excluding hydrogens is 214 g/mol. The summed E-state index contributed by atoms with van der Waals surface area (Å²) in [5.74, 6) is 1.08. The second-order valence-corrected chi connectivity index (χ2v) is 3.54. The lowest BCUT2D eigenvalue weighted by Gasteiger charge is -1.86. The summed E-state index contributed by atoms with van der Waals surface area (Å²) < 4.78 is 10.7. The van der Waals surface area contributed by atoms with Crippen molar-refractivity contribution >= 4 is 22.7 Å².